The van der Waals surface area contributed by atoms with E-state index in [0.29, 0.717) is 30.0 Å². The lowest BCUT2D eigenvalue weighted by molar-refractivity contribution is -0.384. The molecule has 8 heteroatoms. The number of non-ortho nitro benzene ring substituents is 1. The minimum absolute atomic E-state index is 0.111. The third-order valence-corrected chi connectivity index (χ3v) is 5.13. The highest BCUT2D eigenvalue weighted by Gasteiger charge is 2.33. The van der Waals surface area contributed by atoms with Crippen LogP contribution in [0.2, 0.25) is 0 Å². The highest BCUT2D eigenvalue weighted by atomic mass is 16.6. The molecule has 1 aromatic heterocycles. The van der Waals surface area contributed by atoms with Crippen molar-refractivity contribution in [1.82, 2.24) is 9.78 Å². The first-order valence-corrected chi connectivity index (χ1v) is 9.13. The first-order valence-electron chi connectivity index (χ1n) is 9.13. The van der Waals surface area contributed by atoms with Crippen LogP contribution in [-0.2, 0) is 11.2 Å². The average molecular weight is 390 g/mol. The molecule has 0 saturated heterocycles. The number of ketones is 1. The molecule has 8 nitrogen and oxygen atoms in total. The van der Waals surface area contributed by atoms with Crippen molar-refractivity contribution in [3.05, 3.63) is 81.2 Å². The molecule has 0 aliphatic carbocycles. The maximum absolute atomic E-state index is 13.1. The van der Waals surface area contributed by atoms with Crippen LogP contribution >= 0.6 is 0 Å². The summed E-state index contributed by atoms with van der Waals surface area (Å²) in [5, 5.41) is 15.5. The van der Waals surface area contributed by atoms with Crippen LogP contribution in [0.15, 0.2) is 48.5 Å². The Kier molecular flexibility index (Phi) is 4.46. The van der Waals surface area contributed by atoms with Gasteiger partial charge in [-0.2, -0.15) is 5.10 Å². The van der Waals surface area contributed by atoms with E-state index >= 15 is 0 Å². The van der Waals surface area contributed by atoms with E-state index in [-0.39, 0.29) is 11.3 Å². The Balaban J connectivity index is 1.69. The number of hydrogen-bond acceptors (Lipinski definition) is 5. The molecule has 0 spiro atoms. The quantitative estimate of drug-likeness (QED) is 0.295. The number of aromatic nitrogens is 2. The second-order valence-electron chi connectivity index (χ2n) is 6.90. The van der Waals surface area contributed by atoms with E-state index in [1.54, 1.807) is 24.6 Å². The number of aryl methyl sites for hydroxylation is 1. The Labute approximate surface area is 166 Å². The number of Topliss-reactive ketones (excluding diaryl/α,β-unsaturated/α-hetero) is 1. The zero-order chi connectivity index (χ0) is 20.7. The minimum atomic E-state index is -0.706. The molecule has 0 bridgehead atoms. The number of benzene rings is 2. The highest BCUT2D eigenvalue weighted by molar-refractivity contribution is 6.47. The van der Waals surface area contributed by atoms with Gasteiger partial charge in [-0.3, -0.25) is 19.7 Å². The Morgan fingerprint density at radius 3 is 2.52 bits per heavy atom. The normalized spacial score (nSPS) is 12.7. The van der Waals surface area contributed by atoms with Crippen LogP contribution in [-0.4, -0.2) is 32.9 Å². The molecular weight excluding hydrogens is 372 g/mol. The molecule has 146 valence electrons. The number of fused-ring (bicyclic) bond motifs is 1. The van der Waals surface area contributed by atoms with Crippen molar-refractivity contribution in [3.63, 3.8) is 0 Å². The van der Waals surface area contributed by atoms with Gasteiger partial charge in [0.05, 0.1) is 33.2 Å². The lowest BCUT2D eigenvalue weighted by Crippen LogP contribution is -2.35. The molecule has 0 N–H and O–H groups in total. The first kappa shape index (κ1) is 18.5. The number of carbonyl (C=O) groups is 2. The van der Waals surface area contributed by atoms with Crippen LogP contribution in [0.4, 0.5) is 11.4 Å². The maximum atomic E-state index is 13.1. The molecule has 0 saturated carbocycles. The number of anilines is 1. The molecule has 0 atom stereocenters. The van der Waals surface area contributed by atoms with E-state index in [0.717, 1.165) is 11.3 Å². The molecule has 3 aromatic rings. The Bertz CT molecular complexity index is 1150. The van der Waals surface area contributed by atoms with E-state index < -0.39 is 16.6 Å². The fourth-order valence-electron chi connectivity index (χ4n) is 3.71. The zero-order valence-electron chi connectivity index (χ0n) is 16.0. The first-order chi connectivity index (χ1) is 13.9. The van der Waals surface area contributed by atoms with Gasteiger partial charge < -0.3 is 4.90 Å². The van der Waals surface area contributed by atoms with Crippen LogP contribution in [0.25, 0.3) is 5.69 Å². The number of para-hydroxylation sites is 1. The van der Waals surface area contributed by atoms with Gasteiger partial charge in [-0.25, -0.2) is 4.68 Å². The number of nitro groups is 1. The number of carbonyl (C=O) groups excluding carboxylic acids is 2. The fraction of sp³-hybridized carbons (Fsp3) is 0.190. The average Bonchev–Trinajstić information content (AvgIpc) is 3.27. The van der Waals surface area contributed by atoms with Crippen molar-refractivity contribution in [2.45, 2.75) is 20.3 Å². The van der Waals surface area contributed by atoms with E-state index in [1.807, 2.05) is 30.3 Å². The van der Waals surface area contributed by atoms with Crippen LogP contribution in [0.5, 0.6) is 0 Å². The molecule has 0 unspecified atom stereocenters. The number of rotatable bonds is 4. The van der Waals surface area contributed by atoms with Gasteiger partial charge in [0.25, 0.3) is 17.4 Å². The standard InChI is InChI=1S/C21H18N4O4/c1-13-19(14(2)24(22-13)16-6-4-3-5-7-16)20(26)21(27)23-11-10-15-8-9-17(25(28)29)12-18(15)23/h3-9,12H,10-11H2,1-2H3. The van der Waals surface area contributed by atoms with Crippen molar-refractivity contribution in [3.8, 4) is 5.69 Å². The third kappa shape index (κ3) is 3.08. The molecule has 29 heavy (non-hydrogen) atoms. The van der Waals surface area contributed by atoms with E-state index in [9.17, 15) is 19.7 Å². The van der Waals surface area contributed by atoms with Crippen molar-refractivity contribution in [2.24, 2.45) is 0 Å². The molecule has 0 fully saturated rings. The van der Waals surface area contributed by atoms with Crippen molar-refractivity contribution < 1.29 is 14.5 Å². The maximum Gasteiger partial charge on any atom is 0.299 e. The third-order valence-electron chi connectivity index (χ3n) is 5.13. The van der Waals surface area contributed by atoms with Gasteiger partial charge in [-0.05, 0) is 38.0 Å². The smallest absolute Gasteiger partial charge is 0.299 e. The van der Waals surface area contributed by atoms with Crippen LogP contribution in [0.3, 0.4) is 0 Å². The molecule has 4 rings (SSSR count). The van der Waals surface area contributed by atoms with E-state index in [2.05, 4.69) is 5.10 Å². The summed E-state index contributed by atoms with van der Waals surface area (Å²) in [5.41, 5.74) is 3.21. The van der Waals surface area contributed by atoms with Gasteiger partial charge in [0.15, 0.2) is 0 Å². The highest BCUT2D eigenvalue weighted by Crippen LogP contribution is 2.32. The Morgan fingerprint density at radius 1 is 1.10 bits per heavy atom. The largest absolute Gasteiger partial charge is 0.305 e. The van der Waals surface area contributed by atoms with Gasteiger partial charge in [-0.15, -0.1) is 0 Å². The summed E-state index contributed by atoms with van der Waals surface area (Å²) in [5.74, 6) is -1.37. The summed E-state index contributed by atoms with van der Waals surface area (Å²) in [6, 6.07) is 13.7. The number of amides is 1. The van der Waals surface area contributed by atoms with Crippen molar-refractivity contribution in [2.75, 3.05) is 11.4 Å². The Morgan fingerprint density at radius 2 is 1.83 bits per heavy atom. The summed E-state index contributed by atoms with van der Waals surface area (Å²) in [6.07, 6.45) is 0.549. The zero-order valence-corrected chi connectivity index (χ0v) is 16.0. The molecular formula is C21H18N4O4. The minimum Gasteiger partial charge on any atom is -0.305 e. The second kappa shape index (κ2) is 6.97. The lowest BCUT2D eigenvalue weighted by Gasteiger charge is -2.16. The number of nitro benzene ring substituents is 1. The molecule has 2 aromatic carbocycles. The summed E-state index contributed by atoms with van der Waals surface area (Å²) in [6.45, 7) is 3.75. The molecule has 1 aliphatic rings. The second-order valence-corrected chi connectivity index (χ2v) is 6.90. The summed E-state index contributed by atoms with van der Waals surface area (Å²) < 4.78 is 1.64. The van der Waals surface area contributed by atoms with Gasteiger partial charge >= 0.3 is 0 Å². The van der Waals surface area contributed by atoms with Gasteiger partial charge in [-0.1, -0.05) is 24.3 Å². The lowest BCUT2D eigenvalue weighted by atomic mass is 10.1. The molecule has 1 aliphatic heterocycles. The number of hydrogen-bond donors (Lipinski definition) is 0. The van der Waals surface area contributed by atoms with Gasteiger partial charge in [0.2, 0.25) is 0 Å². The van der Waals surface area contributed by atoms with Crippen LogP contribution in [0, 0.1) is 24.0 Å². The molecule has 2 heterocycles. The molecule has 1 amide bonds. The molecule has 0 radical (unpaired) electrons. The van der Waals surface area contributed by atoms with Gasteiger partial charge in [0, 0.05) is 18.7 Å². The fourth-order valence-corrected chi connectivity index (χ4v) is 3.71. The Hall–Kier alpha value is -3.81. The summed E-state index contributed by atoms with van der Waals surface area (Å²) in [7, 11) is 0. The predicted octanol–water partition coefficient (Wildman–Crippen LogP) is 3.17. The van der Waals surface area contributed by atoms with Crippen molar-refractivity contribution >= 4 is 23.1 Å². The number of nitrogens with zero attached hydrogens (tertiary/aromatic N) is 4. The topological polar surface area (TPSA) is 98.3 Å². The van der Waals surface area contributed by atoms with Crippen LogP contribution in [0.1, 0.15) is 27.3 Å². The van der Waals surface area contributed by atoms with Gasteiger partial charge in [0.1, 0.15) is 0 Å². The van der Waals surface area contributed by atoms with E-state index in [4.69, 9.17) is 0 Å². The summed E-state index contributed by atoms with van der Waals surface area (Å²) >= 11 is 0. The monoisotopic (exact) mass is 390 g/mol. The predicted molar refractivity (Wildman–Crippen MR) is 107 cm³/mol. The summed E-state index contributed by atoms with van der Waals surface area (Å²) in [4.78, 5) is 38.0. The van der Waals surface area contributed by atoms with Crippen molar-refractivity contribution in [1.29, 1.82) is 0 Å². The SMILES string of the molecule is Cc1nn(-c2ccccc2)c(C)c1C(=O)C(=O)N1CCc2ccc([N+](=O)[O-])cc21. The van der Waals surface area contributed by atoms with E-state index in [1.165, 1.54) is 17.0 Å². The van der Waals surface area contributed by atoms with Crippen LogP contribution < -0.4 is 4.90 Å².